The van der Waals surface area contributed by atoms with Crippen molar-refractivity contribution < 1.29 is 9.84 Å². The van der Waals surface area contributed by atoms with Crippen LogP contribution in [0.25, 0.3) is 0 Å². The van der Waals surface area contributed by atoms with E-state index in [9.17, 15) is 5.11 Å². The molecule has 1 aliphatic heterocycles. The number of hydrogen-bond donors (Lipinski definition) is 2. The maximum absolute atomic E-state index is 9.18. The van der Waals surface area contributed by atoms with Crippen LogP contribution < -0.4 is 10.1 Å². The SMILES string of the molecule is COc1ccc([C@@]2(CCO)CCNC2)cn1. The molecular formula is C12H18N2O2. The Labute approximate surface area is 95.7 Å². The van der Waals surface area contributed by atoms with E-state index >= 15 is 0 Å². The van der Waals surface area contributed by atoms with Gasteiger partial charge in [-0.3, -0.25) is 0 Å². The number of nitrogens with zero attached hydrogens (tertiary/aromatic N) is 1. The summed E-state index contributed by atoms with van der Waals surface area (Å²) in [4.78, 5) is 4.24. The van der Waals surface area contributed by atoms with Gasteiger partial charge in [0, 0.05) is 30.8 Å². The van der Waals surface area contributed by atoms with Crippen LogP contribution in [0.15, 0.2) is 18.3 Å². The fourth-order valence-electron chi connectivity index (χ4n) is 2.38. The summed E-state index contributed by atoms with van der Waals surface area (Å²) in [7, 11) is 1.61. The van der Waals surface area contributed by atoms with E-state index in [1.165, 1.54) is 5.56 Å². The largest absolute Gasteiger partial charge is 0.481 e. The van der Waals surface area contributed by atoms with Crippen LogP contribution >= 0.6 is 0 Å². The van der Waals surface area contributed by atoms with Crippen molar-refractivity contribution in [2.45, 2.75) is 18.3 Å². The van der Waals surface area contributed by atoms with E-state index in [1.54, 1.807) is 7.11 Å². The van der Waals surface area contributed by atoms with Gasteiger partial charge in [0.15, 0.2) is 0 Å². The Hall–Kier alpha value is -1.13. The Morgan fingerprint density at radius 2 is 2.44 bits per heavy atom. The molecule has 1 aliphatic rings. The first-order valence-corrected chi connectivity index (χ1v) is 5.63. The van der Waals surface area contributed by atoms with Crippen molar-refractivity contribution in [3.8, 4) is 5.88 Å². The van der Waals surface area contributed by atoms with Gasteiger partial charge in [-0.2, -0.15) is 0 Å². The highest BCUT2D eigenvalue weighted by Gasteiger charge is 2.35. The lowest BCUT2D eigenvalue weighted by molar-refractivity contribution is 0.243. The van der Waals surface area contributed by atoms with Gasteiger partial charge in [-0.25, -0.2) is 4.98 Å². The second-order valence-corrected chi connectivity index (χ2v) is 4.27. The first-order chi connectivity index (χ1) is 7.80. The van der Waals surface area contributed by atoms with Crippen LogP contribution in [0.4, 0.5) is 0 Å². The average molecular weight is 222 g/mol. The predicted octanol–water partition coefficient (Wildman–Crippen LogP) is 0.704. The third kappa shape index (κ3) is 2.03. The molecule has 4 nitrogen and oxygen atoms in total. The Balaban J connectivity index is 2.24. The number of ether oxygens (including phenoxy) is 1. The zero-order chi connectivity index (χ0) is 11.4. The quantitative estimate of drug-likeness (QED) is 0.787. The van der Waals surface area contributed by atoms with Gasteiger partial charge in [0.05, 0.1) is 7.11 Å². The summed E-state index contributed by atoms with van der Waals surface area (Å²) in [5.41, 5.74) is 1.24. The molecule has 0 aliphatic carbocycles. The molecule has 4 heteroatoms. The summed E-state index contributed by atoms with van der Waals surface area (Å²) in [6, 6.07) is 3.93. The highest BCUT2D eigenvalue weighted by Crippen LogP contribution is 2.34. The summed E-state index contributed by atoms with van der Waals surface area (Å²) in [6.07, 6.45) is 3.71. The topological polar surface area (TPSA) is 54.4 Å². The fourth-order valence-corrected chi connectivity index (χ4v) is 2.38. The molecule has 0 aromatic carbocycles. The number of nitrogens with one attached hydrogen (secondary N) is 1. The Morgan fingerprint density at radius 3 is 2.94 bits per heavy atom. The van der Waals surface area contributed by atoms with E-state index < -0.39 is 0 Å². The van der Waals surface area contributed by atoms with Gasteiger partial charge >= 0.3 is 0 Å². The Morgan fingerprint density at radius 1 is 1.56 bits per heavy atom. The molecule has 1 aromatic rings. The standard InChI is InChI=1S/C12H18N2O2/c1-16-11-3-2-10(8-14-11)12(5-7-15)4-6-13-9-12/h2-3,8,13,15H,4-7,9H2,1H3/t12-/m1/s1. The molecular weight excluding hydrogens is 204 g/mol. The van der Waals surface area contributed by atoms with Crippen LogP contribution in [0.1, 0.15) is 18.4 Å². The first kappa shape index (κ1) is 11.4. The van der Waals surface area contributed by atoms with Crippen LogP contribution in [0.2, 0.25) is 0 Å². The van der Waals surface area contributed by atoms with Crippen LogP contribution in [0.3, 0.4) is 0 Å². The Kier molecular flexibility index (Phi) is 3.41. The molecule has 1 fully saturated rings. The summed E-state index contributed by atoms with van der Waals surface area (Å²) in [5.74, 6) is 0.633. The highest BCUT2D eigenvalue weighted by atomic mass is 16.5. The van der Waals surface area contributed by atoms with E-state index in [-0.39, 0.29) is 12.0 Å². The van der Waals surface area contributed by atoms with Crippen molar-refractivity contribution in [2.75, 3.05) is 26.8 Å². The number of aliphatic hydroxyl groups is 1. The number of hydrogen-bond acceptors (Lipinski definition) is 4. The molecule has 2 heterocycles. The first-order valence-electron chi connectivity index (χ1n) is 5.63. The molecule has 2 N–H and O–H groups in total. The summed E-state index contributed by atoms with van der Waals surface area (Å²) in [5, 5.41) is 12.5. The van der Waals surface area contributed by atoms with E-state index in [1.807, 2.05) is 12.3 Å². The lowest BCUT2D eigenvalue weighted by atomic mass is 9.78. The fraction of sp³-hybridized carbons (Fsp3) is 0.583. The van der Waals surface area contributed by atoms with Crippen molar-refractivity contribution in [3.05, 3.63) is 23.9 Å². The molecule has 1 saturated heterocycles. The molecule has 2 rings (SSSR count). The van der Waals surface area contributed by atoms with Crippen molar-refractivity contribution in [1.82, 2.24) is 10.3 Å². The molecule has 0 unspecified atom stereocenters. The predicted molar refractivity (Wildman–Crippen MR) is 61.7 cm³/mol. The minimum absolute atomic E-state index is 0.0496. The maximum Gasteiger partial charge on any atom is 0.212 e. The van der Waals surface area contributed by atoms with Gasteiger partial charge in [0.25, 0.3) is 0 Å². The van der Waals surface area contributed by atoms with Crippen LogP contribution in [-0.2, 0) is 5.41 Å². The molecule has 88 valence electrons. The minimum Gasteiger partial charge on any atom is -0.481 e. The number of rotatable bonds is 4. The number of methoxy groups -OCH3 is 1. The maximum atomic E-state index is 9.18. The Bertz CT molecular complexity index is 331. The highest BCUT2D eigenvalue weighted by molar-refractivity contribution is 5.28. The minimum atomic E-state index is 0.0496. The summed E-state index contributed by atoms with van der Waals surface area (Å²) < 4.78 is 5.05. The lowest BCUT2D eigenvalue weighted by Crippen LogP contribution is -2.30. The van der Waals surface area contributed by atoms with Crippen molar-refractivity contribution in [3.63, 3.8) is 0 Å². The zero-order valence-electron chi connectivity index (χ0n) is 9.57. The molecule has 0 bridgehead atoms. The van der Waals surface area contributed by atoms with E-state index in [0.29, 0.717) is 5.88 Å². The van der Waals surface area contributed by atoms with Gasteiger partial charge in [0.1, 0.15) is 0 Å². The van der Waals surface area contributed by atoms with E-state index in [2.05, 4.69) is 16.4 Å². The average Bonchev–Trinajstić information content (AvgIpc) is 2.80. The lowest BCUT2D eigenvalue weighted by Gasteiger charge is -2.27. The molecule has 1 atom stereocenters. The van der Waals surface area contributed by atoms with E-state index in [0.717, 1.165) is 25.9 Å². The molecule has 0 spiro atoms. The molecule has 0 radical (unpaired) electrons. The molecule has 1 aromatic heterocycles. The van der Waals surface area contributed by atoms with Crippen molar-refractivity contribution in [1.29, 1.82) is 0 Å². The molecule has 0 amide bonds. The van der Waals surface area contributed by atoms with Gasteiger partial charge in [-0.05, 0) is 24.9 Å². The number of aromatic nitrogens is 1. The van der Waals surface area contributed by atoms with Crippen molar-refractivity contribution >= 4 is 0 Å². The second kappa shape index (κ2) is 4.80. The van der Waals surface area contributed by atoms with Crippen LogP contribution in [0.5, 0.6) is 5.88 Å². The third-order valence-electron chi connectivity index (χ3n) is 3.39. The smallest absolute Gasteiger partial charge is 0.212 e. The van der Waals surface area contributed by atoms with Gasteiger partial charge < -0.3 is 15.2 Å². The third-order valence-corrected chi connectivity index (χ3v) is 3.39. The second-order valence-electron chi connectivity index (χ2n) is 4.27. The summed E-state index contributed by atoms with van der Waals surface area (Å²) in [6.45, 7) is 2.14. The van der Waals surface area contributed by atoms with Crippen LogP contribution in [0, 0.1) is 0 Å². The molecule has 16 heavy (non-hydrogen) atoms. The van der Waals surface area contributed by atoms with Crippen LogP contribution in [-0.4, -0.2) is 36.9 Å². The van der Waals surface area contributed by atoms with Gasteiger partial charge in [-0.1, -0.05) is 6.07 Å². The van der Waals surface area contributed by atoms with Gasteiger partial charge in [0.2, 0.25) is 5.88 Å². The van der Waals surface area contributed by atoms with Crippen molar-refractivity contribution in [2.24, 2.45) is 0 Å². The number of aliphatic hydroxyl groups excluding tert-OH is 1. The van der Waals surface area contributed by atoms with E-state index in [4.69, 9.17) is 4.74 Å². The summed E-state index contributed by atoms with van der Waals surface area (Å²) >= 11 is 0. The monoisotopic (exact) mass is 222 g/mol. The molecule has 0 saturated carbocycles. The number of pyridine rings is 1. The normalized spacial score (nSPS) is 24.6. The van der Waals surface area contributed by atoms with Gasteiger partial charge in [-0.15, -0.1) is 0 Å². The zero-order valence-corrected chi connectivity index (χ0v) is 9.57.